The van der Waals surface area contributed by atoms with Gasteiger partial charge in [-0.3, -0.25) is 9.89 Å². The summed E-state index contributed by atoms with van der Waals surface area (Å²) >= 11 is 0. The van der Waals surface area contributed by atoms with E-state index in [9.17, 15) is 9.18 Å². The molecule has 0 bridgehead atoms. The zero-order chi connectivity index (χ0) is 20.8. The summed E-state index contributed by atoms with van der Waals surface area (Å²) in [5, 5.41) is 7.28. The Morgan fingerprint density at radius 1 is 1.07 bits per heavy atom. The van der Waals surface area contributed by atoms with Crippen LogP contribution >= 0.6 is 0 Å². The number of rotatable bonds is 8. The predicted molar refractivity (Wildman–Crippen MR) is 109 cm³/mol. The summed E-state index contributed by atoms with van der Waals surface area (Å²) in [6.07, 6.45) is 1.52. The van der Waals surface area contributed by atoms with Crippen molar-refractivity contribution in [3.8, 4) is 22.8 Å². The van der Waals surface area contributed by atoms with Gasteiger partial charge >= 0.3 is 0 Å². The number of ether oxygens (including phenoxy) is 2. The van der Waals surface area contributed by atoms with Gasteiger partial charge in [-0.1, -0.05) is 0 Å². The monoisotopic (exact) mass is 397 g/mol. The molecule has 0 saturated heterocycles. The smallest absolute Gasteiger partial charge is 0.253 e. The van der Waals surface area contributed by atoms with E-state index < -0.39 is 0 Å². The van der Waals surface area contributed by atoms with Crippen LogP contribution in [0.5, 0.6) is 11.5 Å². The molecule has 3 rings (SSSR count). The lowest BCUT2D eigenvalue weighted by atomic mass is 10.1. The van der Waals surface area contributed by atoms with Crippen molar-refractivity contribution in [1.82, 2.24) is 15.1 Å². The molecule has 1 heterocycles. The first-order valence-electron chi connectivity index (χ1n) is 9.29. The third kappa shape index (κ3) is 5.13. The molecule has 29 heavy (non-hydrogen) atoms. The summed E-state index contributed by atoms with van der Waals surface area (Å²) in [5.74, 6) is 0.781. The Balaban J connectivity index is 1.56. The van der Waals surface area contributed by atoms with Gasteiger partial charge in [0.05, 0.1) is 19.9 Å². The summed E-state index contributed by atoms with van der Waals surface area (Å²) in [6, 6.07) is 13.3. The maximum Gasteiger partial charge on any atom is 0.253 e. The predicted octanol–water partition coefficient (Wildman–Crippen LogP) is 3.94. The maximum absolute atomic E-state index is 13.0. The van der Waals surface area contributed by atoms with Crippen LogP contribution in [0.2, 0.25) is 0 Å². The molecule has 0 atom stereocenters. The second-order valence-corrected chi connectivity index (χ2v) is 6.72. The van der Waals surface area contributed by atoms with E-state index in [1.807, 2.05) is 6.07 Å². The number of carbonyl (C=O) groups excluding carboxylic acids is 1. The van der Waals surface area contributed by atoms with E-state index in [-0.39, 0.29) is 11.7 Å². The lowest BCUT2D eigenvalue weighted by Gasteiger charge is -2.18. The molecular weight excluding hydrogens is 373 g/mol. The van der Waals surface area contributed by atoms with Crippen molar-refractivity contribution in [2.24, 2.45) is 0 Å². The van der Waals surface area contributed by atoms with E-state index in [1.165, 1.54) is 12.1 Å². The fourth-order valence-corrected chi connectivity index (χ4v) is 3.02. The van der Waals surface area contributed by atoms with Crippen LogP contribution in [-0.2, 0) is 6.42 Å². The van der Waals surface area contributed by atoms with Crippen molar-refractivity contribution in [2.75, 3.05) is 27.8 Å². The highest BCUT2D eigenvalue weighted by Gasteiger charge is 2.14. The normalized spacial score (nSPS) is 10.6. The highest BCUT2D eigenvalue weighted by atomic mass is 19.1. The van der Waals surface area contributed by atoms with E-state index in [0.717, 1.165) is 29.8 Å². The lowest BCUT2D eigenvalue weighted by molar-refractivity contribution is 0.0792. The van der Waals surface area contributed by atoms with Crippen LogP contribution in [0.1, 0.15) is 22.5 Å². The zero-order valence-electron chi connectivity index (χ0n) is 16.7. The Labute approximate surface area is 169 Å². The number of hydrogen-bond donors (Lipinski definition) is 1. The van der Waals surface area contributed by atoms with Gasteiger partial charge in [-0.2, -0.15) is 5.10 Å². The zero-order valence-corrected chi connectivity index (χ0v) is 16.7. The van der Waals surface area contributed by atoms with Gasteiger partial charge in [-0.25, -0.2) is 4.39 Å². The van der Waals surface area contributed by atoms with Crippen LogP contribution in [0, 0.1) is 5.82 Å². The Morgan fingerprint density at radius 3 is 2.34 bits per heavy atom. The highest BCUT2D eigenvalue weighted by Crippen LogP contribution is 2.23. The molecule has 7 heteroatoms. The average molecular weight is 397 g/mol. The molecule has 2 aromatic carbocycles. The minimum atomic E-state index is -0.272. The number of aryl methyl sites for hydroxylation is 1. The van der Waals surface area contributed by atoms with Crippen LogP contribution in [0.4, 0.5) is 4.39 Å². The lowest BCUT2D eigenvalue weighted by Crippen LogP contribution is -2.28. The minimum absolute atomic E-state index is 0.0983. The number of aromatic amines is 1. The van der Waals surface area contributed by atoms with Crippen LogP contribution in [-0.4, -0.2) is 48.8 Å². The molecule has 6 nitrogen and oxygen atoms in total. The quantitative estimate of drug-likeness (QED) is 0.625. The third-order valence-electron chi connectivity index (χ3n) is 4.66. The van der Waals surface area contributed by atoms with Crippen LogP contribution in [0.3, 0.4) is 0 Å². The van der Waals surface area contributed by atoms with Gasteiger partial charge in [0.25, 0.3) is 5.91 Å². The van der Waals surface area contributed by atoms with Crippen LogP contribution in [0.25, 0.3) is 11.3 Å². The Bertz CT molecular complexity index is 947. The molecular formula is C22H24FN3O3. The number of hydrogen-bond acceptors (Lipinski definition) is 4. The maximum atomic E-state index is 13.0. The fourth-order valence-electron chi connectivity index (χ4n) is 3.02. The number of amides is 1. The summed E-state index contributed by atoms with van der Waals surface area (Å²) in [6.45, 7) is 0.587. The van der Waals surface area contributed by atoms with Gasteiger partial charge in [0.15, 0.2) is 0 Å². The van der Waals surface area contributed by atoms with Gasteiger partial charge < -0.3 is 14.4 Å². The summed E-state index contributed by atoms with van der Waals surface area (Å²) in [4.78, 5) is 14.4. The molecule has 3 aromatic rings. The number of carbonyl (C=O) groups is 1. The summed E-state index contributed by atoms with van der Waals surface area (Å²) < 4.78 is 23.5. The topological polar surface area (TPSA) is 67.5 Å². The summed E-state index contributed by atoms with van der Waals surface area (Å²) in [7, 11) is 4.87. The van der Waals surface area contributed by atoms with Gasteiger partial charge in [0, 0.05) is 36.5 Å². The third-order valence-corrected chi connectivity index (χ3v) is 4.66. The van der Waals surface area contributed by atoms with Gasteiger partial charge in [-0.05, 0) is 55.3 Å². The van der Waals surface area contributed by atoms with Crippen molar-refractivity contribution in [3.63, 3.8) is 0 Å². The molecule has 1 N–H and O–H groups in total. The number of halogens is 1. The molecule has 0 saturated carbocycles. The first-order chi connectivity index (χ1) is 14.0. The molecule has 0 unspecified atom stereocenters. The molecule has 1 amide bonds. The Hall–Kier alpha value is -3.35. The summed E-state index contributed by atoms with van der Waals surface area (Å²) in [5.41, 5.74) is 3.11. The SMILES string of the molecule is COc1cc(OC)cc(C(=O)N(C)CCCc2cc(-c3ccc(F)cc3)n[nH]2)c1. The number of nitrogens with one attached hydrogen (secondary N) is 1. The van der Waals surface area contributed by atoms with Gasteiger partial charge in [-0.15, -0.1) is 0 Å². The van der Waals surface area contributed by atoms with E-state index in [4.69, 9.17) is 9.47 Å². The number of aromatic nitrogens is 2. The second-order valence-electron chi connectivity index (χ2n) is 6.72. The van der Waals surface area contributed by atoms with Crippen molar-refractivity contribution in [2.45, 2.75) is 12.8 Å². The molecule has 0 aliphatic carbocycles. The van der Waals surface area contributed by atoms with E-state index in [2.05, 4.69) is 10.2 Å². The molecule has 0 radical (unpaired) electrons. The molecule has 0 aliphatic rings. The largest absolute Gasteiger partial charge is 0.497 e. The first-order valence-corrected chi connectivity index (χ1v) is 9.29. The van der Waals surface area contributed by atoms with Crippen LogP contribution in [0.15, 0.2) is 48.5 Å². The number of methoxy groups -OCH3 is 2. The molecule has 0 fully saturated rings. The number of H-pyrrole nitrogens is 1. The van der Waals surface area contributed by atoms with Crippen LogP contribution < -0.4 is 9.47 Å². The Morgan fingerprint density at radius 2 is 1.72 bits per heavy atom. The fraction of sp³-hybridized carbons (Fsp3) is 0.273. The van der Waals surface area contributed by atoms with Gasteiger partial charge in [0.1, 0.15) is 17.3 Å². The van der Waals surface area contributed by atoms with E-state index in [0.29, 0.717) is 23.6 Å². The van der Waals surface area contributed by atoms with Gasteiger partial charge in [0.2, 0.25) is 0 Å². The van der Waals surface area contributed by atoms with E-state index >= 15 is 0 Å². The standard InChI is InChI=1S/C22H24FN3O3/c1-26(22(27)16-11-19(28-2)14-20(12-16)29-3)10-4-5-18-13-21(25-24-18)15-6-8-17(23)9-7-15/h6-9,11-14H,4-5,10H2,1-3H3,(H,24,25). The number of nitrogens with zero attached hydrogens (tertiary/aromatic N) is 2. The van der Waals surface area contributed by atoms with Crippen molar-refractivity contribution >= 4 is 5.91 Å². The van der Waals surface area contributed by atoms with Crippen molar-refractivity contribution < 1.29 is 18.7 Å². The molecule has 152 valence electrons. The van der Waals surface area contributed by atoms with Crippen molar-refractivity contribution in [1.29, 1.82) is 0 Å². The minimum Gasteiger partial charge on any atom is -0.497 e. The highest BCUT2D eigenvalue weighted by molar-refractivity contribution is 5.95. The van der Waals surface area contributed by atoms with Crippen molar-refractivity contribution in [3.05, 3.63) is 65.6 Å². The molecule has 0 spiro atoms. The second kappa shape index (κ2) is 9.23. The first kappa shape index (κ1) is 20.4. The number of benzene rings is 2. The van der Waals surface area contributed by atoms with E-state index in [1.54, 1.807) is 56.5 Å². The molecule has 1 aromatic heterocycles. The average Bonchev–Trinajstić information content (AvgIpc) is 3.22. The molecule has 0 aliphatic heterocycles. The Kier molecular flexibility index (Phi) is 6.49.